The van der Waals surface area contributed by atoms with Crippen LogP contribution in [-0.2, 0) is 12.2 Å². The lowest BCUT2D eigenvalue weighted by Gasteiger charge is -2.06. The van der Waals surface area contributed by atoms with Gasteiger partial charge in [0.15, 0.2) is 5.82 Å². The van der Waals surface area contributed by atoms with Gasteiger partial charge in [0, 0.05) is 12.2 Å². The monoisotopic (exact) mass is 292 g/mol. The third-order valence-corrected chi connectivity index (χ3v) is 3.83. The zero-order chi connectivity index (χ0) is 14.4. The molecule has 0 radical (unpaired) electrons. The highest BCUT2D eigenvalue weighted by Crippen LogP contribution is 2.22. The van der Waals surface area contributed by atoms with E-state index in [2.05, 4.69) is 29.3 Å². The van der Waals surface area contributed by atoms with Crippen LogP contribution in [0.5, 0.6) is 5.75 Å². The molecule has 0 bridgehead atoms. The van der Waals surface area contributed by atoms with Crippen LogP contribution < -0.4 is 10.6 Å². The fourth-order valence-corrected chi connectivity index (χ4v) is 2.53. The number of hydrogen-bond donors (Lipinski definition) is 1. The van der Waals surface area contributed by atoms with Gasteiger partial charge in [0.2, 0.25) is 5.16 Å². The van der Waals surface area contributed by atoms with Crippen molar-refractivity contribution in [2.45, 2.75) is 37.6 Å². The Morgan fingerprint density at radius 2 is 1.95 bits per heavy atom. The van der Waals surface area contributed by atoms with Crippen molar-refractivity contribution in [2.75, 3.05) is 12.4 Å². The second-order valence-electron chi connectivity index (χ2n) is 4.40. The molecule has 20 heavy (non-hydrogen) atoms. The molecule has 1 heterocycles. The molecule has 0 fully saturated rings. The zero-order valence-electron chi connectivity index (χ0n) is 11.9. The van der Waals surface area contributed by atoms with E-state index in [-0.39, 0.29) is 0 Å². The third-order valence-electron chi connectivity index (χ3n) is 2.82. The summed E-state index contributed by atoms with van der Waals surface area (Å²) in [6.07, 6.45) is 1.80. The normalized spacial score (nSPS) is 10.7. The Bertz CT molecular complexity index is 539. The largest absolute Gasteiger partial charge is 0.494 e. The minimum Gasteiger partial charge on any atom is -0.494 e. The lowest BCUT2D eigenvalue weighted by molar-refractivity contribution is 0.317. The first-order valence-electron chi connectivity index (χ1n) is 6.78. The summed E-state index contributed by atoms with van der Waals surface area (Å²) in [6.45, 7) is 4.86. The molecule has 0 aliphatic carbocycles. The Labute approximate surface area is 123 Å². The molecule has 0 aliphatic heterocycles. The number of nitrogens with two attached hydrogens (primary N) is 1. The lowest BCUT2D eigenvalue weighted by Crippen LogP contribution is -2.13. The summed E-state index contributed by atoms with van der Waals surface area (Å²) < 4.78 is 7.12. The predicted octanol–water partition coefficient (Wildman–Crippen LogP) is 2.64. The summed E-state index contributed by atoms with van der Waals surface area (Å²) in [7, 11) is 0. The Balaban J connectivity index is 1.91. The summed E-state index contributed by atoms with van der Waals surface area (Å²) in [6, 6.07) is 8.12. The number of ether oxygens (including phenoxy) is 1. The molecular weight excluding hydrogens is 272 g/mol. The number of nitrogens with zero attached hydrogens (tertiary/aromatic N) is 3. The smallest absolute Gasteiger partial charge is 0.210 e. The zero-order valence-corrected chi connectivity index (χ0v) is 12.7. The Hall–Kier alpha value is -1.69. The van der Waals surface area contributed by atoms with Crippen molar-refractivity contribution in [3.05, 3.63) is 35.7 Å². The summed E-state index contributed by atoms with van der Waals surface area (Å²) in [4.78, 5) is 0. The molecule has 0 amide bonds. The van der Waals surface area contributed by atoms with Crippen molar-refractivity contribution >= 4 is 11.8 Å². The van der Waals surface area contributed by atoms with Gasteiger partial charge in [-0.1, -0.05) is 37.7 Å². The second-order valence-corrected chi connectivity index (χ2v) is 5.35. The van der Waals surface area contributed by atoms with Crippen molar-refractivity contribution in [1.82, 2.24) is 14.9 Å². The molecule has 5 nitrogen and oxygen atoms in total. The number of nitrogen functional groups attached to an aromatic ring is 1. The van der Waals surface area contributed by atoms with Crippen LogP contribution in [0.2, 0.25) is 0 Å². The van der Waals surface area contributed by atoms with E-state index in [0.29, 0.717) is 0 Å². The highest BCUT2D eigenvalue weighted by atomic mass is 32.2. The van der Waals surface area contributed by atoms with E-state index in [1.807, 2.05) is 19.1 Å². The predicted molar refractivity (Wildman–Crippen MR) is 81.3 cm³/mol. The minimum absolute atomic E-state index is 0.744. The molecular formula is C14H20N4OS. The molecule has 2 N–H and O–H groups in total. The topological polar surface area (TPSA) is 66.0 Å². The van der Waals surface area contributed by atoms with Gasteiger partial charge in [0.1, 0.15) is 5.75 Å². The van der Waals surface area contributed by atoms with Gasteiger partial charge in [-0.15, -0.1) is 10.2 Å². The standard InChI is InChI=1S/C14H20N4OS/c1-3-9-19-12-7-5-11(6-8-12)10-20-14-17-16-13(4-2)18(14)15/h5-8H,3-4,9-10,15H2,1-2H3. The molecule has 0 saturated carbocycles. The summed E-state index contributed by atoms with van der Waals surface area (Å²) >= 11 is 1.58. The Kier molecular flexibility index (Phi) is 5.29. The van der Waals surface area contributed by atoms with E-state index >= 15 is 0 Å². The number of aromatic nitrogens is 3. The van der Waals surface area contributed by atoms with Gasteiger partial charge < -0.3 is 10.6 Å². The molecule has 0 unspecified atom stereocenters. The van der Waals surface area contributed by atoms with Crippen molar-refractivity contribution in [2.24, 2.45) is 0 Å². The average Bonchev–Trinajstić information content (AvgIpc) is 2.84. The molecule has 0 atom stereocenters. The number of benzene rings is 1. The molecule has 0 aliphatic rings. The number of hydrogen-bond acceptors (Lipinski definition) is 5. The Morgan fingerprint density at radius 3 is 2.55 bits per heavy atom. The third kappa shape index (κ3) is 3.66. The van der Waals surface area contributed by atoms with Crippen LogP contribution in [0.15, 0.2) is 29.4 Å². The van der Waals surface area contributed by atoms with E-state index in [1.54, 1.807) is 16.4 Å². The van der Waals surface area contributed by atoms with Gasteiger partial charge in [0.25, 0.3) is 0 Å². The summed E-state index contributed by atoms with van der Waals surface area (Å²) in [5, 5.41) is 8.87. The lowest BCUT2D eigenvalue weighted by atomic mass is 10.2. The summed E-state index contributed by atoms with van der Waals surface area (Å²) in [5.41, 5.74) is 1.21. The summed E-state index contributed by atoms with van der Waals surface area (Å²) in [5.74, 6) is 8.43. The minimum atomic E-state index is 0.744. The first kappa shape index (κ1) is 14.7. The van der Waals surface area contributed by atoms with Crippen molar-refractivity contribution in [3.8, 4) is 5.75 Å². The molecule has 2 aromatic rings. The molecule has 6 heteroatoms. The second kappa shape index (κ2) is 7.19. The van der Waals surface area contributed by atoms with Crippen LogP contribution >= 0.6 is 11.8 Å². The molecule has 1 aromatic carbocycles. The van der Waals surface area contributed by atoms with Gasteiger partial charge in [-0.05, 0) is 24.1 Å². The molecule has 0 saturated heterocycles. The van der Waals surface area contributed by atoms with Gasteiger partial charge in [-0.3, -0.25) is 0 Å². The highest BCUT2D eigenvalue weighted by Gasteiger charge is 2.08. The van der Waals surface area contributed by atoms with E-state index < -0.39 is 0 Å². The van der Waals surface area contributed by atoms with E-state index in [9.17, 15) is 0 Å². The fourth-order valence-electron chi connectivity index (χ4n) is 1.70. The van der Waals surface area contributed by atoms with Crippen LogP contribution in [0.1, 0.15) is 31.7 Å². The van der Waals surface area contributed by atoms with Crippen LogP contribution in [0.4, 0.5) is 0 Å². The number of rotatable bonds is 7. The van der Waals surface area contributed by atoms with Crippen LogP contribution in [0, 0.1) is 0 Å². The Morgan fingerprint density at radius 1 is 1.20 bits per heavy atom. The number of aryl methyl sites for hydroxylation is 1. The first-order valence-corrected chi connectivity index (χ1v) is 7.77. The highest BCUT2D eigenvalue weighted by molar-refractivity contribution is 7.98. The first-order chi connectivity index (χ1) is 9.74. The van der Waals surface area contributed by atoms with Gasteiger partial charge >= 0.3 is 0 Å². The molecule has 1 aromatic heterocycles. The van der Waals surface area contributed by atoms with Crippen LogP contribution in [0.3, 0.4) is 0 Å². The molecule has 108 valence electrons. The maximum absolute atomic E-state index is 5.91. The number of thioether (sulfide) groups is 1. The van der Waals surface area contributed by atoms with Crippen LogP contribution in [-0.4, -0.2) is 21.5 Å². The fraction of sp³-hybridized carbons (Fsp3) is 0.429. The quantitative estimate of drug-likeness (QED) is 0.627. The van der Waals surface area contributed by atoms with E-state index in [4.69, 9.17) is 10.6 Å². The van der Waals surface area contributed by atoms with Crippen LogP contribution in [0.25, 0.3) is 0 Å². The average molecular weight is 292 g/mol. The van der Waals surface area contributed by atoms with Gasteiger partial charge in [-0.25, -0.2) is 4.68 Å². The van der Waals surface area contributed by atoms with Crippen molar-refractivity contribution < 1.29 is 4.74 Å². The van der Waals surface area contributed by atoms with Crippen molar-refractivity contribution in [3.63, 3.8) is 0 Å². The SMILES string of the molecule is CCCOc1ccc(CSc2nnc(CC)n2N)cc1. The maximum Gasteiger partial charge on any atom is 0.210 e. The van der Waals surface area contributed by atoms with Gasteiger partial charge in [-0.2, -0.15) is 0 Å². The molecule has 2 rings (SSSR count). The van der Waals surface area contributed by atoms with E-state index in [0.717, 1.165) is 41.9 Å². The van der Waals surface area contributed by atoms with E-state index in [1.165, 1.54) is 5.56 Å². The van der Waals surface area contributed by atoms with Crippen molar-refractivity contribution in [1.29, 1.82) is 0 Å². The van der Waals surface area contributed by atoms with Gasteiger partial charge in [0.05, 0.1) is 6.61 Å². The maximum atomic E-state index is 5.91. The molecule has 0 spiro atoms.